The monoisotopic (exact) mass is 378 g/mol. The molecule has 28 heavy (non-hydrogen) atoms. The maximum atomic E-state index is 12.4. The second kappa shape index (κ2) is 7.67. The summed E-state index contributed by atoms with van der Waals surface area (Å²) in [6.45, 7) is 7.45. The fourth-order valence-corrected chi connectivity index (χ4v) is 3.70. The Hall–Kier alpha value is -2.80. The quantitative estimate of drug-likeness (QED) is 0.645. The molecular weight excluding hydrogens is 352 g/mol. The number of hydrogen-bond acceptors (Lipinski definition) is 5. The van der Waals surface area contributed by atoms with E-state index in [1.807, 2.05) is 6.08 Å². The lowest BCUT2D eigenvalue weighted by atomic mass is 9.94. The Balaban J connectivity index is 1.67. The van der Waals surface area contributed by atoms with E-state index in [1.54, 1.807) is 18.5 Å². The molecule has 3 heterocycles. The van der Waals surface area contributed by atoms with Gasteiger partial charge in [-0.3, -0.25) is 4.79 Å². The Morgan fingerprint density at radius 2 is 2.04 bits per heavy atom. The van der Waals surface area contributed by atoms with Crippen molar-refractivity contribution in [3.63, 3.8) is 0 Å². The van der Waals surface area contributed by atoms with Crippen LogP contribution in [0.5, 0.6) is 0 Å². The lowest BCUT2D eigenvalue weighted by molar-refractivity contribution is -0.116. The van der Waals surface area contributed by atoms with Gasteiger partial charge in [0.15, 0.2) is 5.82 Å². The SMILES string of the molecule is Cc1[nH]c(/C=C2/C(=O)NN=C2c2ncccn2)c(C(C)C)c1CCNC1CC1. The number of hydrogen-bond donors (Lipinski definition) is 3. The molecule has 0 bridgehead atoms. The molecule has 1 amide bonds. The van der Waals surface area contributed by atoms with E-state index in [0.717, 1.165) is 24.4 Å². The first-order chi connectivity index (χ1) is 13.5. The number of carbonyl (C=O) groups excluding carboxylic acids is 1. The second-order valence-electron chi connectivity index (χ2n) is 7.72. The zero-order valence-electron chi connectivity index (χ0n) is 16.5. The fourth-order valence-electron chi connectivity index (χ4n) is 3.70. The molecular formula is C21H26N6O. The lowest BCUT2D eigenvalue weighted by Gasteiger charge is -2.11. The molecule has 0 spiro atoms. The van der Waals surface area contributed by atoms with Crippen molar-refractivity contribution in [2.75, 3.05) is 6.54 Å². The highest BCUT2D eigenvalue weighted by Gasteiger charge is 2.27. The molecule has 2 aromatic rings. The summed E-state index contributed by atoms with van der Waals surface area (Å²) in [5.41, 5.74) is 8.21. The van der Waals surface area contributed by atoms with E-state index in [4.69, 9.17) is 0 Å². The average Bonchev–Trinajstić information content (AvgIpc) is 3.36. The van der Waals surface area contributed by atoms with E-state index < -0.39 is 0 Å². The van der Waals surface area contributed by atoms with Crippen molar-refractivity contribution in [3.05, 3.63) is 52.4 Å². The van der Waals surface area contributed by atoms with Gasteiger partial charge in [-0.25, -0.2) is 15.4 Å². The smallest absolute Gasteiger partial charge is 0.273 e. The normalized spacial score (nSPS) is 18.1. The molecule has 0 radical (unpaired) electrons. The number of aromatic nitrogens is 3. The van der Waals surface area contributed by atoms with Crippen molar-refractivity contribution in [1.82, 2.24) is 25.7 Å². The van der Waals surface area contributed by atoms with Crippen LogP contribution in [-0.4, -0.2) is 39.2 Å². The molecule has 1 fully saturated rings. The van der Waals surface area contributed by atoms with Gasteiger partial charge in [0, 0.05) is 29.8 Å². The van der Waals surface area contributed by atoms with Crippen molar-refractivity contribution in [3.8, 4) is 0 Å². The first-order valence-electron chi connectivity index (χ1n) is 9.86. The van der Waals surface area contributed by atoms with E-state index in [2.05, 4.69) is 51.6 Å². The van der Waals surface area contributed by atoms with Crippen molar-refractivity contribution in [2.24, 2.45) is 5.10 Å². The molecule has 146 valence electrons. The summed E-state index contributed by atoms with van der Waals surface area (Å²) in [5, 5.41) is 7.73. The molecule has 0 saturated heterocycles. The van der Waals surface area contributed by atoms with Crippen LogP contribution in [0.1, 0.15) is 60.9 Å². The van der Waals surface area contributed by atoms with E-state index in [-0.39, 0.29) is 5.91 Å². The summed E-state index contributed by atoms with van der Waals surface area (Å²) in [5.74, 6) is 0.544. The number of hydrazone groups is 1. The second-order valence-corrected chi connectivity index (χ2v) is 7.72. The summed E-state index contributed by atoms with van der Waals surface area (Å²) in [4.78, 5) is 24.4. The minimum Gasteiger partial charge on any atom is -0.359 e. The molecule has 0 unspecified atom stereocenters. The van der Waals surface area contributed by atoms with Gasteiger partial charge >= 0.3 is 0 Å². The Labute approximate surface area is 164 Å². The number of aromatic amines is 1. The summed E-state index contributed by atoms with van der Waals surface area (Å²) < 4.78 is 0. The number of nitrogens with one attached hydrogen (secondary N) is 3. The van der Waals surface area contributed by atoms with Crippen molar-refractivity contribution >= 4 is 17.7 Å². The molecule has 7 nitrogen and oxygen atoms in total. The third kappa shape index (κ3) is 3.75. The zero-order chi connectivity index (χ0) is 19.7. The average molecular weight is 378 g/mol. The van der Waals surface area contributed by atoms with Gasteiger partial charge < -0.3 is 10.3 Å². The summed E-state index contributed by atoms with van der Waals surface area (Å²) in [7, 11) is 0. The number of rotatable bonds is 7. The lowest BCUT2D eigenvalue weighted by Crippen LogP contribution is -2.20. The highest BCUT2D eigenvalue weighted by atomic mass is 16.2. The van der Waals surface area contributed by atoms with E-state index in [9.17, 15) is 4.79 Å². The summed E-state index contributed by atoms with van der Waals surface area (Å²) in [6.07, 6.45) is 8.74. The third-order valence-electron chi connectivity index (χ3n) is 5.19. The molecule has 7 heteroatoms. The van der Waals surface area contributed by atoms with E-state index in [1.165, 1.54) is 24.0 Å². The highest BCUT2D eigenvalue weighted by Crippen LogP contribution is 2.30. The summed E-state index contributed by atoms with van der Waals surface area (Å²) >= 11 is 0. The highest BCUT2D eigenvalue weighted by molar-refractivity contribution is 6.32. The molecule has 2 aliphatic rings. The predicted molar refractivity (Wildman–Crippen MR) is 109 cm³/mol. The van der Waals surface area contributed by atoms with E-state index >= 15 is 0 Å². The molecule has 1 aliphatic heterocycles. The van der Waals surface area contributed by atoms with Crippen LogP contribution in [0.25, 0.3) is 6.08 Å². The molecule has 2 aromatic heterocycles. The Morgan fingerprint density at radius 3 is 2.71 bits per heavy atom. The van der Waals surface area contributed by atoms with Gasteiger partial charge in [0.05, 0.1) is 5.57 Å². The first-order valence-corrected chi connectivity index (χ1v) is 9.86. The third-order valence-corrected chi connectivity index (χ3v) is 5.19. The van der Waals surface area contributed by atoms with Gasteiger partial charge in [-0.15, -0.1) is 0 Å². The van der Waals surface area contributed by atoms with Gasteiger partial charge in [0.25, 0.3) is 5.91 Å². The number of nitrogens with zero attached hydrogens (tertiary/aromatic N) is 3. The Bertz CT molecular complexity index is 937. The largest absolute Gasteiger partial charge is 0.359 e. The topological polar surface area (TPSA) is 95.1 Å². The number of carbonyl (C=O) groups is 1. The number of aryl methyl sites for hydroxylation is 1. The van der Waals surface area contributed by atoms with Crippen molar-refractivity contribution < 1.29 is 4.79 Å². The minimum absolute atomic E-state index is 0.235. The maximum Gasteiger partial charge on any atom is 0.273 e. The predicted octanol–water partition coefficient (Wildman–Crippen LogP) is 2.45. The minimum atomic E-state index is -0.235. The molecule has 1 saturated carbocycles. The summed E-state index contributed by atoms with van der Waals surface area (Å²) in [6, 6.07) is 2.44. The Kier molecular flexibility index (Phi) is 5.09. The van der Waals surface area contributed by atoms with Gasteiger partial charge in [0.1, 0.15) is 5.71 Å². The van der Waals surface area contributed by atoms with Crippen LogP contribution in [-0.2, 0) is 11.2 Å². The fraction of sp³-hybridized carbons (Fsp3) is 0.429. The first kappa shape index (κ1) is 18.6. The van der Waals surface area contributed by atoms with Crippen LogP contribution in [0.15, 0.2) is 29.1 Å². The maximum absolute atomic E-state index is 12.4. The standard InChI is InChI=1S/C21H26N6O/c1-12(2)18-15(7-10-22-14-5-6-14)13(3)25-17(18)11-16-19(26-27-21(16)28)20-23-8-4-9-24-20/h4,8-9,11-12,14,22,25H,5-7,10H2,1-3H3,(H,27,28)/b16-11+. The van der Waals surface area contributed by atoms with Crippen molar-refractivity contribution in [1.29, 1.82) is 0 Å². The van der Waals surface area contributed by atoms with E-state index in [0.29, 0.717) is 29.1 Å². The molecule has 4 rings (SSSR count). The van der Waals surface area contributed by atoms with Crippen LogP contribution in [0.2, 0.25) is 0 Å². The Morgan fingerprint density at radius 1 is 1.29 bits per heavy atom. The van der Waals surface area contributed by atoms with Crippen LogP contribution in [0.3, 0.4) is 0 Å². The molecule has 0 aromatic carbocycles. The van der Waals surface area contributed by atoms with Crippen LogP contribution >= 0.6 is 0 Å². The number of H-pyrrole nitrogens is 1. The van der Waals surface area contributed by atoms with Crippen LogP contribution < -0.4 is 10.7 Å². The zero-order valence-corrected chi connectivity index (χ0v) is 16.5. The molecule has 3 N–H and O–H groups in total. The molecule has 1 aliphatic carbocycles. The van der Waals surface area contributed by atoms with Crippen molar-refractivity contribution in [2.45, 2.75) is 52.0 Å². The van der Waals surface area contributed by atoms with Gasteiger partial charge in [0.2, 0.25) is 0 Å². The van der Waals surface area contributed by atoms with Gasteiger partial charge in [-0.05, 0) is 61.9 Å². The van der Waals surface area contributed by atoms with Crippen LogP contribution in [0.4, 0.5) is 0 Å². The van der Waals surface area contributed by atoms with Gasteiger partial charge in [-0.2, -0.15) is 5.10 Å². The molecule has 0 atom stereocenters. The number of amides is 1. The van der Waals surface area contributed by atoms with Gasteiger partial charge in [-0.1, -0.05) is 13.8 Å². The van der Waals surface area contributed by atoms with Crippen LogP contribution in [0, 0.1) is 6.92 Å².